The van der Waals surface area contributed by atoms with E-state index in [1.807, 2.05) is 55.5 Å². The Bertz CT molecular complexity index is 824. The van der Waals surface area contributed by atoms with Crippen molar-refractivity contribution in [2.75, 3.05) is 13.1 Å². The van der Waals surface area contributed by atoms with E-state index in [1.54, 1.807) is 4.90 Å². The molecule has 2 aromatic rings. The number of nitrogens with one attached hydrogen (secondary N) is 1. The van der Waals surface area contributed by atoms with Gasteiger partial charge in [-0.2, -0.15) is 0 Å². The highest BCUT2D eigenvalue weighted by molar-refractivity contribution is 8.15. The Hall–Kier alpha value is -2.60. The molecule has 1 N–H and O–H groups in total. The average Bonchev–Trinajstić information content (AvgIpc) is 2.71. The number of amidine groups is 1. The van der Waals surface area contributed by atoms with Crippen LogP contribution in [0, 0.1) is 0 Å². The van der Waals surface area contributed by atoms with Crippen LogP contribution in [0.2, 0.25) is 0 Å². The minimum absolute atomic E-state index is 0.0438. The van der Waals surface area contributed by atoms with Gasteiger partial charge < -0.3 is 5.32 Å². The molecule has 0 bridgehead atoms. The van der Waals surface area contributed by atoms with Crippen LogP contribution >= 0.6 is 11.8 Å². The van der Waals surface area contributed by atoms with Gasteiger partial charge in [0.15, 0.2) is 5.17 Å². The molecule has 0 radical (unpaired) electrons. The monoisotopic (exact) mass is 395 g/mol. The molecule has 0 aromatic heterocycles. The van der Waals surface area contributed by atoms with Crippen LogP contribution < -0.4 is 5.32 Å². The maximum absolute atomic E-state index is 12.8. The topological polar surface area (TPSA) is 61.8 Å². The second-order valence-corrected chi connectivity index (χ2v) is 7.74. The van der Waals surface area contributed by atoms with Crippen LogP contribution in [-0.2, 0) is 16.0 Å². The Balaban J connectivity index is 1.74. The lowest BCUT2D eigenvalue weighted by atomic mass is 10.1. The lowest BCUT2D eigenvalue weighted by Gasteiger charge is -2.31. The van der Waals surface area contributed by atoms with E-state index < -0.39 is 5.25 Å². The second kappa shape index (κ2) is 10.1. The molecule has 146 valence electrons. The fourth-order valence-electron chi connectivity index (χ4n) is 3.05. The van der Waals surface area contributed by atoms with Gasteiger partial charge in [-0.3, -0.25) is 14.5 Å². The summed E-state index contributed by atoms with van der Waals surface area (Å²) in [5.74, 6) is -0.150. The third-order valence-electron chi connectivity index (χ3n) is 4.45. The molecule has 1 aliphatic heterocycles. The lowest BCUT2D eigenvalue weighted by Crippen LogP contribution is -2.47. The first kappa shape index (κ1) is 20.1. The number of rotatable bonds is 7. The summed E-state index contributed by atoms with van der Waals surface area (Å²) in [7, 11) is 0. The summed E-state index contributed by atoms with van der Waals surface area (Å²) in [4.78, 5) is 31.5. The van der Waals surface area contributed by atoms with E-state index in [9.17, 15) is 9.59 Å². The van der Waals surface area contributed by atoms with Gasteiger partial charge >= 0.3 is 0 Å². The number of amides is 2. The first-order valence-electron chi connectivity index (χ1n) is 9.59. The number of nitrogens with zero attached hydrogens (tertiary/aromatic N) is 2. The van der Waals surface area contributed by atoms with Gasteiger partial charge in [0.05, 0.1) is 10.9 Å². The number of thioether (sulfide) groups is 1. The zero-order valence-corrected chi connectivity index (χ0v) is 16.8. The summed E-state index contributed by atoms with van der Waals surface area (Å²) in [6.07, 6.45) is 1.94. The molecule has 28 heavy (non-hydrogen) atoms. The highest BCUT2D eigenvalue weighted by Crippen LogP contribution is 2.29. The third kappa shape index (κ3) is 5.45. The van der Waals surface area contributed by atoms with E-state index >= 15 is 0 Å². The van der Waals surface area contributed by atoms with Crippen LogP contribution in [0.25, 0.3) is 0 Å². The number of hydrogen-bond acceptors (Lipinski definition) is 4. The number of carbonyl (C=O) groups is 2. The van der Waals surface area contributed by atoms with Crippen molar-refractivity contribution in [3.63, 3.8) is 0 Å². The SMILES string of the molecule is CCNC(=O)C1CC(=O)N(CCCc2ccccc2)C(=Nc2ccccc2)S1. The van der Waals surface area contributed by atoms with Gasteiger partial charge in [0, 0.05) is 19.5 Å². The zero-order chi connectivity index (χ0) is 19.8. The molecule has 1 atom stereocenters. The minimum Gasteiger partial charge on any atom is -0.355 e. The summed E-state index contributed by atoms with van der Waals surface area (Å²) in [5.41, 5.74) is 2.03. The smallest absolute Gasteiger partial charge is 0.234 e. The highest BCUT2D eigenvalue weighted by Gasteiger charge is 2.35. The van der Waals surface area contributed by atoms with Gasteiger partial charge in [-0.05, 0) is 37.5 Å². The van der Waals surface area contributed by atoms with Crippen molar-refractivity contribution in [1.29, 1.82) is 0 Å². The molecular weight excluding hydrogens is 370 g/mol. The molecule has 2 aromatic carbocycles. The summed E-state index contributed by atoms with van der Waals surface area (Å²) in [6, 6.07) is 19.8. The Morgan fingerprint density at radius 3 is 2.50 bits per heavy atom. The highest BCUT2D eigenvalue weighted by atomic mass is 32.2. The van der Waals surface area contributed by atoms with Crippen LogP contribution in [-0.4, -0.2) is 40.2 Å². The van der Waals surface area contributed by atoms with E-state index in [0.717, 1.165) is 18.5 Å². The molecule has 1 heterocycles. The van der Waals surface area contributed by atoms with Gasteiger partial charge in [-0.1, -0.05) is 60.3 Å². The number of benzene rings is 2. The molecule has 0 saturated carbocycles. The Labute approximate surface area is 170 Å². The van der Waals surface area contributed by atoms with Gasteiger partial charge in [-0.15, -0.1) is 0 Å². The second-order valence-electron chi connectivity index (χ2n) is 6.57. The van der Waals surface area contributed by atoms with Crippen molar-refractivity contribution in [3.8, 4) is 0 Å². The molecular formula is C22H25N3O2S. The summed E-state index contributed by atoms with van der Waals surface area (Å²) >= 11 is 1.38. The number of hydrogen-bond donors (Lipinski definition) is 1. The van der Waals surface area contributed by atoms with Crippen LogP contribution in [0.15, 0.2) is 65.7 Å². The van der Waals surface area contributed by atoms with Crippen LogP contribution in [0.3, 0.4) is 0 Å². The van der Waals surface area contributed by atoms with Gasteiger partial charge in [0.1, 0.15) is 0 Å². The predicted octanol–water partition coefficient (Wildman–Crippen LogP) is 3.78. The third-order valence-corrected chi connectivity index (χ3v) is 5.64. The molecule has 2 amide bonds. The first-order valence-corrected chi connectivity index (χ1v) is 10.5. The molecule has 1 fully saturated rings. The molecule has 6 heteroatoms. The molecule has 1 aliphatic rings. The minimum atomic E-state index is -0.430. The van der Waals surface area contributed by atoms with Crippen molar-refractivity contribution in [1.82, 2.24) is 10.2 Å². The average molecular weight is 396 g/mol. The van der Waals surface area contributed by atoms with Crippen molar-refractivity contribution in [2.24, 2.45) is 4.99 Å². The Morgan fingerprint density at radius 2 is 1.82 bits per heavy atom. The van der Waals surface area contributed by atoms with Gasteiger partial charge in [0.2, 0.25) is 11.8 Å². The quantitative estimate of drug-likeness (QED) is 0.776. The molecule has 1 saturated heterocycles. The number of carbonyl (C=O) groups excluding carboxylic acids is 2. The fourth-order valence-corrected chi connectivity index (χ4v) is 4.20. The van der Waals surface area contributed by atoms with Crippen LogP contribution in [0.4, 0.5) is 5.69 Å². The van der Waals surface area contributed by atoms with Gasteiger partial charge in [0.25, 0.3) is 0 Å². The van der Waals surface area contributed by atoms with E-state index in [-0.39, 0.29) is 18.2 Å². The van der Waals surface area contributed by atoms with Crippen molar-refractivity contribution >= 4 is 34.4 Å². The first-order chi connectivity index (χ1) is 13.7. The number of para-hydroxylation sites is 1. The molecule has 3 rings (SSSR count). The standard InChI is InChI=1S/C22H25N3O2S/c1-2-23-21(27)19-16-20(26)25(15-9-12-17-10-5-3-6-11-17)22(28-19)24-18-13-7-4-8-14-18/h3-8,10-11,13-14,19H,2,9,12,15-16H2,1H3,(H,23,27). The Morgan fingerprint density at radius 1 is 1.14 bits per heavy atom. The van der Waals surface area contributed by atoms with Crippen molar-refractivity contribution in [3.05, 3.63) is 66.2 Å². The summed E-state index contributed by atoms with van der Waals surface area (Å²) in [6.45, 7) is 3.02. The van der Waals surface area contributed by atoms with Crippen molar-refractivity contribution in [2.45, 2.75) is 31.4 Å². The summed E-state index contributed by atoms with van der Waals surface area (Å²) in [5, 5.41) is 2.99. The Kier molecular flexibility index (Phi) is 7.25. The fraction of sp³-hybridized carbons (Fsp3) is 0.318. The summed E-state index contributed by atoms with van der Waals surface area (Å²) < 4.78 is 0. The predicted molar refractivity (Wildman–Crippen MR) is 115 cm³/mol. The molecule has 0 aliphatic carbocycles. The maximum atomic E-state index is 12.8. The number of aryl methyl sites for hydroxylation is 1. The maximum Gasteiger partial charge on any atom is 0.234 e. The molecule has 1 unspecified atom stereocenters. The van der Waals surface area contributed by atoms with E-state index in [2.05, 4.69) is 22.4 Å². The van der Waals surface area contributed by atoms with E-state index in [1.165, 1.54) is 17.3 Å². The van der Waals surface area contributed by atoms with E-state index in [4.69, 9.17) is 0 Å². The van der Waals surface area contributed by atoms with Crippen LogP contribution in [0.1, 0.15) is 25.3 Å². The van der Waals surface area contributed by atoms with E-state index in [0.29, 0.717) is 18.3 Å². The number of aliphatic imine (C=N–C) groups is 1. The van der Waals surface area contributed by atoms with Crippen LogP contribution in [0.5, 0.6) is 0 Å². The molecule has 0 spiro atoms. The molecule has 5 nitrogen and oxygen atoms in total. The lowest BCUT2D eigenvalue weighted by molar-refractivity contribution is -0.130. The largest absolute Gasteiger partial charge is 0.355 e. The normalized spacial score (nSPS) is 18.3. The van der Waals surface area contributed by atoms with Gasteiger partial charge in [-0.25, -0.2) is 4.99 Å². The van der Waals surface area contributed by atoms with Crippen molar-refractivity contribution < 1.29 is 9.59 Å². The zero-order valence-electron chi connectivity index (χ0n) is 16.0.